The Balaban J connectivity index is 1.77. The van der Waals surface area contributed by atoms with Crippen molar-refractivity contribution in [2.24, 2.45) is 0 Å². The highest BCUT2D eigenvalue weighted by Crippen LogP contribution is 2.30. The van der Waals surface area contributed by atoms with Crippen LogP contribution in [0.3, 0.4) is 0 Å². The first-order chi connectivity index (χ1) is 12.2. The number of alkyl halides is 3. The molecule has 134 valence electrons. The van der Waals surface area contributed by atoms with Crippen LogP contribution in [0.15, 0.2) is 48.5 Å². The molecule has 3 aromatic rings. The fourth-order valence-electron chi connectivity index (χ4n) is 2.25. The number of aromatic nitrogens is 2. The molecule has 1 aromatic heterocycles. The van der Waals surface area contributed by atoms with Gasteiger partial charge in [0.15, 0.2) is 5.82 Å². The van der Waals surface area contributed by atoms with E-state index < -0.39 is 23.5 Å². The van der Waals surface area contributed by atoms with Crippen LogP contribution in [0, 0.1) is 5.82 Å². The number of nitrogens with one attached hydrogen (secondary N) is 2. The standard InChI is InChI=1S/C17H11F4N3O2/c18-11-5-6-14(25)12(7-11)13-8-15(24-23-13)22-16(26)9-1-3-10(4-2-9)17(19,20)21/h1-8,25H,(H2,22,23,24,26). The molecule has 0 aliphatic carbocycles. The Hall–Kier alpha value is -3.36. The van der Waals surface area contributed by atoms with Crippen LogP contribution >= 0.6 is 0 Å². The fraction of sp³-hybridized carbons (Fsp3) is 0.0588. The molecule has 9 heteroatoms. The Morgan fingerprint density at radius 3 is 2.42 bits per heavy atom. The van der Waals surface area contributed by atoms with E-state index in [0.717, 1.165) is 36.4 Å². The molecular formula is C17H11F4N3O2. The summed E-state index contributed by atoms with van der Waals surface area (Å²) < 4.78 is 50.9. The van der Waals surface area contributed by atoms with Gasteiger partial charge in [-0.05, 0) is 42.5 Å². The minimum Gasteiger partial charge on any atom is -0.507 e. The van der Waals surface area contributed by atoms with E-state index in [9.17, 15) is 27.5 Å². The number of anilines is 1. The number of benzene rings is 2. The Morgan fingerprint density at radius 2 is 1.77 bits per heavy atom. The molecule has 5 nitrogen and oxygen atoms in total. The Labute approximate surface area is 144 Å². The van der Waals surface area contributed by atoms with Crippen molar-refractivity contribution in [2.75, 3.05) is 5.32 Å². The Kier molecular flexibility index (Phi) is 4.37. The zero-order valence-electron chi connectivity index (χ0n) is 12.9. The van der Waals surface area contributed by atoms with Gasteiger partial charge in [-0.1, -0.05) is 0 Å². The van der Waals surface area contributed by atoms with Crippen molar-refractivity contribution in [1.82, 2.24) is 10.2 Å². The molecule has 0 saturated carbocycles. The first kappa shape index (κ1) is 17.5. The van der Waals surface area contributed by atoms with Gasteiger partial charge in [-0.3, -0.25) is 9.89 Å². The second kappa shape index (κ2) is 6.51. The van der Waals surface area contributed by atoms with Gasteiger partial charge in [0.25, 0.3) is 5.91 Å². The zero-order valence-corrected chi connectivity index (χ0v) is 12.9. The van der Waals surface area contributed by atoms with Crippen molar-refractivity contribution in [2.45, 2.75) is 6.18 Å². The van der Waals surface area contributed by atoms with E-state index in [1.807, 2.05) is 0 Å². The van der Waals surface area contributed by atoms with Crippen LogP contribution in [0.1, 0.15) is 15.9 Å². The summed E-state index contributed by atoms with van der Waals surface area (Å²) in [6, 6.07) is 8.40. The molecule has 0 saturated heterocycles. The number of nitrogens with zero attached hydrogens (tertiary/aromatic N) is 1. The molecule has 0 radical (unpaired) electrons. The van der Waals surface area contributed by atoms with E-state index in [-0.39, 0.29) is 28.4 Å². The third-order valence-corrected chi connectivity index (χ3v) is 3.54. The summed E-state index contributed by atoms with van der Waals surface area (Å²) in [6.07, 6.45) is -4.49. The average Bonchev–Trinajstić information content (AvgIpc) is 3.04. The fourth-order valence-corrected chi connectivity index (χ4v) is 2.25. The summed E-state index contributed by atoms with van der Waals surface area (Å²) in [5.41, 5.74) is -0.453. The molecule has 2 aromatic carbocycles. The predicted octanol–water partition coefficient (Wildman–Crippen LogP) is 4.19. The van der Waals surface area contributed by atoms with Gasteiger partial charge in [-0.2, -0.15) is 18.3 Å². The van der Waals surface area contributed by atoms with E-state index in [0.29, 0.717) is 0 Å². The second-order valence-electron chi connectivity index (χ2n) is 5.36. The number of hydrogen-bond donors (Lipinski definition) is 3. The van der Waals surface area contributed by atoms with Crippen molar-refractivity contribution >= 4 is 11.7 Å². The predicted molar refractivity (Wildman–Crippen MR) is 85.0 cm³/mol. The molecule has 0 bridgehead atoms. The monoisotopic (exact) mass is 365 g/mol. The van der Waals surface area contributed by atoms with Gasteiger partial charge >= 0.3 is 6.18 Å². The minimum absolute atomic E-state index is 0.0103. The number of hydrogen-bond acceptors (Lipinski definition) is 3. The number of amides is 1. The lowest BCUT2D eigenvalue weighted by Crippen LogP contribution is -2.13. The molecule has 0 atom stereocenters. The normalized spacial score (nSPS) is 11.4. The third kappa shape index (κ3) is 3.66. The molecule has 1 amide bonds. The molecule has 3 N–H and O–H groups in total. The Bertz CT molecular complexity index is 949. The van der Waals surface area contributed by atoms with Crippen LogP contribution in [0.25, 0.3) is 11.3 Å². The molecule has 0 aliphatic heterocycles. The SMILES string of the molecule is O=C(Nc1cc(-c2cc(F)ccc2O)[nH]n1)c1ccc(C(F)(F)F)cc1. The van der Waals surface area contributed by atoms with Gasteiger partial charge in [-0.25, -0.2) is 4.39 Å². The summed E-state index contributed by atoms with van der Waals surface area (Å²) in [7, 11) is 0. The number of phenols is 1. The Morgan fingerprint density at radius 1 is 1.08 bits per heavy atom. The van der Waals surface area contributed by atoms with E-state index in [1.54, 1.807) is 0 Å². The molecule has 0 aliphatic rings. The van der Waals surface area contributed by atoms with Gasteiger partial charge in [0.1, 0.15) is 11.6 Å². The summed E-state index contributed by atoms with van der Waals surface area (Å²) in [5, 5.41) is 18.5. The van der Waals surface area contributed by atoms with Crippen LogP contribution in [0.2, 0.25) is 0 Å². The van der Waals surface area contributed by atoms with Crippen molar-refractivity contribution in [1.29, 1.82) is 0 Å². The molecular weight excluding hydrogens is 354 g/mol. The number of phenolic OH excluding ortho intramolecular Hbond substituents is 1. The maximum atomic E-state index is 13.3. The quantitative estimate of drug-likeness (QED) is 0.609. The molecule has 0 spiro atoms. The summed E-state index contributed by atoms with van der Waals surface area (Å²) in [5.74, 6) is -1.35. The highest BCUT2D eigenvalue weighted by Gasteiger charge is 2.30. The topological polar surface area (TPSA) is 78.0 Å². The highest BCUT2D eigenvalue weighted by molar-refractivity contribution is 6.04. The van der Waals surface area contributed by atoms with Gasteiger partial charge in [0.05, 0.1) is 11.3 Å². The number of carbonyl (C=O) groups excluding carboxylic acids is 1. The van der Waals surface area contributed by atoms with E-state index in [2.05, 4.69) is 15.5 Å². The first-order valence-electron chi connectivity index (χ1n) is 7.27. The smallest absolute Gasteiger partial charge is 0.416 e. The van der Waals surface area contributed by atoms with Gasteiger partial charge in [0, 0.05) is 17.2 Å². The second-order valence-corrected chi connectivity index (χ2v) is 5.36. The molecule has 0 fully saturated rings. The lowest BCUT2D eigenvalue weighted by atomic mass is 10.1. The average molecular weight is 365 g/mol. The van der Waals surface area contributed by atoms with Crippen LogP contribution < -0.4 is 5.32 Å². The number of aromatic hydroxyl groups is 1. The number of halogens is 4. The maximum Gasteiger partial charge on any atom is 0.416 e. The molecule has 26 heavy (non-hydrogen) atoms. The molecule has 0 unspecified atom stereocenters. The van der Waals surface area contributed by atoms with Crippen molar-refractivity contribution < 1.29 is 27.5 Å². The van der Waals surface area contributed by atoms with Crippen molar-refractivity contribution in [3.63, 3.8) is 0 Å². The largest absolute Gasteiger partial charge is 0.507 e. The van der Waals surface area contributed by atoms with Crippen molar-refractivity contribution in [3.05, 3.63) is 65.5 Å². The number of H-pyrrole nitrogens is 1. The summed E-state index contributed by atoms with van der Waals surface area (Å²) in [4.78, 5) is 12.1. The van der Waals surface area contributed by atoms with E-state index >= 15 is 0 Å². The minimum atomic E-state index is -4.49. The lowest BCUT2D eigenvalue weighted by molar-refractivity contribution is -0.137. The van der Waals surface area contributed by atoms with Gasteiger partial charge < -0.3 is 10.4 Å². The first-order valence-corrected chi connectivity index (χ1v) is 7.27. The number of aromatic amines is 1. The van der Waals surface area contributed by atoms with E-state index in [4.69, 9.17) is 0 Å². The third-order valence-electron chi connectivity index (χ3n) is 3.54. The van der Waals surface area contributed by atoms with Gasteiger partial charge in [-0.15, -0.1) is 0 Å². The van der Waals surface area contributed by atoms with Crippen LogP contribution in [0.4, 0.5) is 23.4 Å². The van der Waals surface area contributed by atoms with Gasteiger partial charge in [0.2, 0.25) is 0 Å². The molecule has 3 rings (SSSR count). The zero-order chi connectivity index (χ0) is 18.9. The van der Waals surface area contributed by atoms with Crippen molar-refractivity contribution in [3.8, 4) is 17.0 Å². The van der Waals surface area contributed by atoms with Crippen LogP contribution in [-0.4, -0.2) is 21.2 Å². The molecule has 1 heterocycles. The lowest BCUT2D eigenvalue weighted by Gasteiger charge is -2.07. The number of rotatable bonds is 3. The highest BCUT2D eigenvalue weighted by atomic mass is 19.4. The van der Waals surface area contributed by atoms with E-state index in [1.165, 1.54) is 12.1 Å². The number of carbonyl (C=O) groups is 1. The maximum absolute atomic E-state index is 13.3. The van der Waals surface area contributed by atoms with Crippen LogP contribution in [0.5, 0.6) is 5.75 Å². The summed E-state index contributed by atoms with van der Waals surface area (Å²) in [6.45, 7) is 0. The van der Waals surface area contributed by atoms with Crippen LogP contribution in [-0.2, 0) is 6.18 Å². The summed E-state index contributed by atoms with van der Waals surface area (Å²) >= 11 is 0.